The lowest BCUT2D eigenvalue weighted by molar-refractivity contribution is 0.138. The van der Waals surface area contributed by atoms with Crippen LogP contribution >= 0.6 is 0 Å². The molecule has 0 amide bonds. The van der Waals surface area contributed by atoms with Gasteiger partial charge in [-0.15, -0.1) is 0 Å². The summed E-state index contributed by atoms with van der Waals surface area (Å²) in [7, 11) is 0. The van der Waals surface area contributed by atoms with Crippen LogP contribution in [0.1, 0.15) is 5.69 Å². The number of piperazine rings is 1. The van der Waals surface area contributed by atoms with Crippen molar-refractivity contribution >= 4 is 16.6 Å². The van der Waals surface area contributed by atoms with Crippen LogP contribution in [0.3, 0.4) is 0 Å². The zero-order valence-electron chi connectivity index (χ0n) is 15.2. The number of hydrogen-bond donors (Lipinski definition) is 1. The van der Waals surface area contributed by atoms with Crippen molar-refractivity contribution in [3.8, 4) is 5.69 Å². The Kier molecular flexibility index (Phi) is 3.91. The third-order valence-corrected chi connectivity index (χ3v) is 5.81. The molecular weight excluding hydrogens is 322 g/mol. The summed E-state index contributed by atoms with van der Waals surface area (Å²) < 4.78 is 2.07. The molecule has 0 bridgehead atoms. The van der Waals surface area contributed by atoms with Gasteiger partial charge in [0.05, 0.1) is 16.9 Å². The first-order valence-corrected chi connectivity index (χ1v) is 9.54. The summed E-state index contributed by atoms with van der Waals surface area (Å²) in [5.74, 6) is 0. The summed E-state index contributed by atoms with van der Waals surface area (Å²) in [4.78, 5) is 5.14. The minimum Gasteiger partial charge on any atom is -0.369 e. The van der Waals surface area contributed by atoms with E-state index in [1.54, 1.807) is 0 Å². The Hall–Kier alpha value is -2.37. The van der Waals surface area contributed by atoms with Gasteiger partial charge in [-0.2, -0.15) is 5.10 Å². The molecule has 0 radical (unpaired) electrons. The van der Waals surface area contributed by atoms with E-state index in [2.05, 4.69) is 69.2 Å². The van der Waals surface area contributed by atoms with E-state index in [4.69, 9.17) is 5.10 Å². The molecule has 0 aliphatic carbocycles. The van der Waals surface area contributed by atoms with Crippen LogP contribution in [0.15, 0.2) is 48.5 Å². The first-order chi connectivity index (χ1) is 12.8. The molecule has 0 atom stereocenters. The van der Waals surface area contributed by atoms with Gasteiger partial charge in [-0.05, 0) is 37.3 Å². The lowest BCUT2D eigenvalue weighted by Crippen LogP contribution is -2.61. The Morgan fingerprint density at radius 2 is 1.69 bits per heavy atom. The number of rotatable bonds is 3. The number of benzene rings is 2. The second kappa shape index (κ2) is 6.41. The highest BCUT2D eigenvalue weighted by Gasteiger charge is 2.27. The molecule has 1 N–H and O–H groups in total. The van der Waals surface area contributed by atoms with Gasteiger partial charge in [-0.25, -0.2) is 4.68 Å². The van der Waals surface area contributed by atoms with Gasteiger partial charge in [0.25, 0.3) is 0 Å². The third-order valence-electron chi connectivity index (χ3n) is 5.81. The number of para-hydroxylation sites is 1. The number of nitrogens with one attached hydrogen (secondary N) is 1. The van der Waals surface area contributed by atoms with Crippen molar-refractivity contribution in [3.05, 3.63) is 54.2 Å². The van der Waals surface area contributed by atoms with Crippen molar-refractivity contribution in [2.45, 2.75) is 13.0 Å². The van der Waals surface area contributed by atoms with Gasteiger partial charge in [0, 0.05) is 56.4 Å². The summed E-state index contributed by atoms with van der Waals surface area (Å²) >= 11 is 0. The maximum Gasteiger partial charge on any atom is 0.0764 e. The molecule has 0 unspecified atom stereocenters. The monoisotopic (exact) mass is 347 g/mol. The standard InChI is InChI=1S/C21H25N5/c1-16-20-8-7-18(24-9-11-25(12-10-24)19-14-22-15-19)13-21(20)26(23-16)17-5-3-2-4-6-17/h2-8,13,19,22H,9-12,14-15H2,1H3. The largest absolute Gasteiger partial charge is 0.369 e. The quantitative estimate of drug-likeness (QED) is 0.789. The highest BCUT2D eigenvalue weighted by atomic mass is 15.3. The molecule has 2 fully saturated rings. The Bertz CT molecular complexity index is 905. The molecule has 0 saturated carbocycles. The second-order valence-corrected chi connectivity index (χ2v) is 7.37. The van der Waals surface area contributed by atoms with Gasteiger partial charge in [-0.3, -0.25) is 4.90 Å². The second-order valence-electron chi connectivity index (χ2n) is 7.37. The van der Waals surface area contributed by atoms with Crippen LogP contribution in [0.25, 0.3) is 16.6 Å². The van der Waals surface area contributed by atoms with E-state index < -0.39 is 0 Å². The Morgan fingerprint density at radius 1 is 0.923 bits per heavy atom. The van der Waals surface area contributed by atoms with E-state index in [0.29, 0.717) is 0 Å². The van der Waals surface area contributed by atoms with Gasteiger partial charge in [0.2, 0.25) is 0 Å². The molecule has 0 spiro atoms. The minimum absolute atomic E-state index is 0.752. The van der Waals surface area contributed by atoms with Crippen LogP contribution in [-0.4, -0.2) is 60.0 Å². The average Bonchev–Trinajstić information content (AvgIpc) is 2.98. The molecule has 3 aromatic rings. The fourth-order valence-electron chi connectivity index (χ4n) is 4.10. The molecule has 2 aliphatic heterocycles. The van der Waals surface area contributed by atoms with Gasteiger partial charge >= 0.3 is 0 Å². The maximum atomic E-state index is 4.78. The number of nitrogens with zero attached hydrogens (tertiary/aromatic N) is 4. The third kappa shape index (κ3) is 2.68. The summed E-state index contributed by atoms with van der Waals surface area (Å²) in [6.07, 6.45) is 0. The SMILES string of the molecule is Cc1nn(-c2ccccc2)c2cc(N3CCN(C4CNC4)CC3)ccc12. The van der Waals surface area contributed by atoms with Crippen LogP contribution in [-0.2, 0) is 0 Å². The van der Waals surface area contributed by atoms with E-state index in [-0.39, 0.29) is 0 Å². The first-order valence-electron chi connectivity index (χ1n) is 9.54. The van der Waals surface area contributed by atoms with Crippen molar-refractivity contribution in [2.75, 3.05) is 44.2 Å². The molecule has 2 saturated heterocycles. The Morgan fingerprint density at radius 3 is 2.38 bits per heavy atom. The first kappa shape index (κ1) is 15.9. The summed E-state index contributed by atoms with van der Waals surface area (Å²) in [5, 5.41) is 9.40. The smallest absolute Gasteiger partial charge is 0.0764 e. The number of anilines is 1. The summed E-state index contributed by atoms with van der Waals surface area (Å²) in [6, 6.07) is 18.0. The molecule has 2 aliphatic rings. The van der Waals surface area contributed by atoms with Gasteiger partial charge in [0.1, 0.15) is 0 Å². The lowest BCUT2D eigenvalue weighted by Gasteiger charge is -2.43. The predicted octanol–water partition coefficient (Wildman–Crippen LogP) is 2.43. The maximum absolute atomic E-state index is 4.78. The molecule has 5 rings (SSSR count). The zero-order chi connectivity index (χ0) is 17.5. The van der Waals surface area contributed by atoms with E-state index in [1.165, 1.54) is 16.6 Å². The van der Waals surface area contributed by atoms with Crippen molar-refractivity contribution in [3.63, 3.8) is 0 Å². The molecule has 3 heterocycles. The molecule has 26 heavy (non-hydrogen) atoms. The minimum atomic E-state index is 0.752. The molecule has 134 valence electrons. The predicted molar refractivity (Wildman–Crippen MR) is 106 cm³/mol. The Balaban J connectivity index is 1.44. The van der Waals surface area contributed by atoms with Crippen LogP contribution in [0.2, 0.25) is 0 Å². The van der Waals surface area contributed by atoms with Crippen LogP contribution in [0.5, 0.6) is 0 Å². The van der Waals surface area contributed by atoms with Gasteiger partial charge < -0.3 is 10.2 Å². The highest BCUT2D eigenvalue weighted by Crippen LogP contribution is 2.27. The summed E-state index contributed by atoms with van der Waals surface area (Å²) in [5.41, 5.74) is 4.69. The van der Waals surface area contributed by atoms with E-state index >= 15 is 0 Å². The fraction of sp³-hybridized carbons (Fsp3) is 0.381. The summed E-state index contributed by atoms with van der Waals surface area (Å²) in [6.45, 7) is 8.90. The van der Waals surface area contributed by atoms with Crippen LogP contribution in [0, 0.1) is 6.92 Å². The Labute approximate surface area is 154 Å². The molecule has 5 nitrogen and oxygen atoms in total. The normalized spacial score (nSPS) is 19.0. The molecule has 2 aromatic carbocycles. The zero-order valence-corrected chi connectivity index (χ0v) is 15.2. The van der Waals surface area contributed by atoms with Gasteiger partial charge in [-0.1, -0.05) is 18.2 Å². The molecular formula is C21H25N5. The van der Waals surface area contributed by atoms with Crippen molar-refractivity contribution in [1.82, 2.24) is 20.0 Å². The van der Waals surface area contributed by atoms with Crippen molar-refractivity contribution in [2.24, 2.45) is 0 Å². The lowest BCUT2D eigenvalue weighted by atomic mass is 10.1. The van der Waals surface area contributed by atoms with Gasteiger partial charge in [0.15, 0.2) is 0 Å². The highest BCUT2D eigenvalue weighted by molar-refractivity contribution is 5.86. The van der Waals surface area contributed by atoms with Crippen LogP contribution < -0.4 is 10.2 Å². The van der Waals surface area contributed by atoms with Crippen LogP contribution in [0.4, 0.5) is 5.69 Å². The number of aryl methyl sites for hydroxylation is 1. The number of hydrogen-bond acceptors (Lipinski definition) is 4. The number of aromatic nitrogens is 2. The van der Waals surface area contributed by atoms with E-state index in [9.17, 15) is 0 Å². The average molecular weight is 347 g/mol. The molecule has 5 heteroatoms. The van der Waals surface area contributed by atoms with E-state index in [0.717, 1.165) is 56.7 Å². The fourth-order valence-corrected chi connectivity index (χ4v) is 4.10. The van der Waals surface area contributed by atoms with Crippen molar-refractivity contribution in [1.29, 1.82) is 0 Å². The number of fused-ring (bicyclic) bond motifs is 1. The van der Waals surface area contributed by atoms with E-state index in [1.807, 2.05) is 6.07 Å². The van der Waals surface area contributed by atoms with Crippen molar-refractivity contribution < 1.29 is 0 Å². The molecule has 1 aromatic heterocycles. The topological polar surface area (TPSA) is 36.3 Å².